The van der Waals surface area contributed by atoms with Crippen LogP contribution in [0.2, 0.25) is 0 Å². The topological polar surface area (TPSA) is 112 Å². The number of carboxylic acids is 1. The number of nitrogens with zero attached hydrogens (tertiary/aromatic N) is 1. The van der Waals surface area contributed by atoms with Crippen molar-refractivity contribution < 1.29 is 18.3 Å². The molecule has 1 atom stereocenters. The first-order chi connectivity index (χ1) is 11.4. The minimum absolute atomic E-state index is 0.0128. The Morgan fingerprint density at radius 2 is 2.21 bits per heavy atom. The Labute approximate surface area is 143 Å². The Hall–Kier alpha value is -2.17. The van der Waals surface area contributed by atoms with Gasteiger partial charge in [0.15, 0.2) is 0 Å². The van der Waals surface area contributed by atoms with E-state index in [1.54, 1.807) is 24.5 Å². The van der Waals surface area contributed by atoms with Crippen LogP contribution in [0, 0.1) is 0 Å². The van der Waals surface area contributed by atoms with Crippen molar-refractivity contribution in [2.75, 3.05) is 0 Å². The second-order valence-corrected chi connectivity index (χ2v) is 8.14. The van der Waals surface area contributed by atoms with Crippen molar-refractivity contribution >= 4 is 51.0 Å². The van der Waals surface area contributed by atoms with Crippen LogP contribution in [0.4, 0.5) is 0 Å². The molecule has 3 rings (SSSR count). The summed E-state index contributed by atoms with van der Waals surface area (Å²) in [5.74, 6) is -1.26. The summed E-state index contributed by atoms with van der Waals surface area (Å²) in [6, 6.07) is 5.02. The quantitative estimate of drug-likeness (QED) is 0.550. The van der Waals surface area contributed by atoms with Gasteiger partial charge < -0.3 is 10.1 Å². The van der Waals surface area contributed by atoms with Gasteiger partial charge in [-0.15, -0.1) is 11.3 Å². The Balaban J connectivity index is 1.87. The summed E-state index contributed by atoms with van der Waals surface area (Å²) >= 11 is 0.877. The van der Waals surface area contributed by atoms with Crippen molar-refractivity contribution in [2.24, 2.45) is 0 Å². The molecule has 3 aromatic rings. The SMILES string of the molecule is [B]c1ccc(S(=O)(=O)N[C@@H](Cc2c[nH]c3ncccc23)C(=O)O)s1. The summed E-state index contributed by atoms with van der Waals surface area (Å²) in [6.45, 7) is 0. The number of carbonyl (C=O) groups is 1. The van der Waals surface area contributed by atoms with E-state index in [1.807, 2.05) is 0 Å². The average Bonchev–Trinajstić information content (AvgIpc) is 3.14. The molecule has 0 aliphatic heterocycles. The highest BCUT2D eigenvalue weighted by Gasteiger charge is 2.27. The highest BCUT2D eigenvalue weighted by Crippen LogP contribution is 2.19. The summed E-state index contributed by atoms with van der Waals surface area (Å²) in [4.78, 5) is 18.6. The number of H-pyrrole nitrogens is 1. The number of aliphatic carboxylic acids is 1. The smallest absolute Gasteiger partial charge is 0.322 e. The number of aromatic nitrogens is 2. The Morgan fingerprint density at radius 3 is 2.88 bits per heavy atom. The summed E-state index contributed by atoms with van der Waals surface area (Å²) in [5.41, 5.74) is 1.28. The van der Waals surface area contributed by atoms with Crippen molar-refractivity contribution in [3.63, 3.8) is 0 Å². The van der Waals surface area contributed by atoms with E-state index in [4.69, 9.17) is 7.85 Å². The molecule has 0 fully saturated rings. The molecule has 3 aromatic heterocycles. The molecular formula is C14H12BN3O4S2. The molecule has 122 valence electrons. The molecule has 0 spiro atoms. The summed E-state index contributed by atoms with van der Waals surface area (Å²) < 4.78 is 27.2. The highest BCUT2D eigenvalue weighted by atomic mass is 32.2. The maximum absolute atomic E-state index is 12.3. The lowest BCUT2D eigenvalue weighted by Crippen LogP contribution is -2.42. The van der Waals surface area contributed by atoms with Gasteiger partial charge in [-0.3, -0.25) is 4.79 Å². The van der Waals surface area contributed by atoms with Gasteiger partial charge in [0.25, 0.3) is 10.0 Å². The lowest BCUT2D eigenvalue weighted by Gasteiger charge is -2.13. The van der Waals surface area contributed by atoms with Crippen LogP contribution in [-0.2, 0) is 21.2 Å². The monoisotopic (exact) mass is 361 g/mol. The van der Waals surface area contributed by atoms with E-state index in [0.29, 0.717) is 16.0 Å². The summed E-state index contributed by atoms with van der Waals surface area (Å²) in [7, 11) is 1.58. The second kappa shape index (κ2) is 6.38. The zero-order chi connectivity index (χ0) is 17.3. The predicted molar refractivity (Wildman–Crippen MR) is 91.3 cm³/mol. The lowest BCUT2D eigenvalue weighted by atomic mass is 10.1. The Morgan fingerprint density at radius 1 is 1.42 bits per heavy atom. The van der Waals surface area contributed by atoms with Crippen molar-refractivity contribution in [3.8, 4) is 0 Å². The zero-order valence-electron chi connectivity index (χ0n) is 12.3. The molecule has 0 aromatic carbocycles. The summed E-state index contributed by atoms with van der Waals surface area (Å²) in [6.07, 6.45) is 3.23. The number of nitrogens with one attached hydrogen (secondary N) is 2. The van der Waals surface area contributed by atoms with Crippen LogP contribution < -0.4 is 9.50 Å². The number of aromatic amines is 1. The maximum atomic E-state index is 12.3. The van der Waals surface area contributed by atoms with Crippen molar-refractivity contribution in [3.05, 3.63) is 42.2 Å². The van der Waals surface area contributed by atoms with Gasteiger partial charge in [0.2, 0.25) is 0 Å². The maximum Gasteiger partial charge on any atom is 0.322 e. The van der Waals surface area contributed by atoms with Gasteiger partial charge in [0.05, 0.1) is 0 Å². The third-order valence-electron chi connectivity index (χ3n) is 3.42. The molecule has 3 heterocycles. The van der Waals surface area contributed by atoms with Crippen LogP contribution in [0.15, 0.2) is 40.9 Å². The van der Waals surface area contributed by atoms with Crippen LogP contribution in [0.1, 0.15) is 5.56 Å². The molecule has 0 saturated heterocycles. The second-order valence-electron chi connectivity index (χ2n) is 5.09. The van der Waals surface area contributed by atoms with Crippen LogP contribution in [0.5, 0.6) is 0 Å². The van der Waals surface area contributed by atoms with Gasteiger partial charge in [0, 0.05) is 24.2 Å². The molecule has 0 amide bonds. The molecule has 0 aliphatic rings. The molecular weight excluding hydrogens is 349 g/mol. The number of fused-ring (bicyclic) bond motifs is 1. The first-order valence-electron chi connectivity index (χ1n) is 6.88. The lowest BCUT2D eigenvalue weighted by molar-refractivity contribution is -0.138. The first kappa shape index (κ1) is 16.7. The van der Waals surface area contributed by atoms with Crippen LogP contribution >= 0.6 is 11.3 Å². The van der Waals surface area contributed by atoms with Crippen molar-refractivity contribution in [1.82, 2.24) is 14.7 Å². The van der Waals surface area contributed by atoms with E-state index in [-0.39, 0.29) is 10.6 Å². The van der Waals surface area contributed by atoms with Crippen molar-refractivity contribution in [2.45, 2.75) is 16.7 Å². The fourth-order valence-corrected chi connectivity index (χ4v) is 4.60. The molecule has 0 unspecified atom stereocenters. The molecule has 0 aliphatic carbocycles. The fraction of sp³-hybridized carbons (Fsp3) is 0.143. The molecule has 0 bridgehead atoms. The minimum Gasteiger partial charge on any atom is -0.480 e. The molecule has 10 heteroatoms. The predicted octanol–water partition coefficient (Wildman–Crippen LogP) is 0.392. The molecule has 24 heavy (non-hydrogen) atoms. The minimum atomic E-state index is -3.96. The number of thiophene rings is 1. The van der Waals surface area contributed by atoms with Crippen LogP contribution in [0.3, 0.4) is 0 Å². The standard InChI is InChI=1S/C14H12BN3O4S2/c15-11-3-4-12(23-11)24(21,22)18-10(14(19)20)6-8-7-17-13-9(8)2-1-5-16-13/h1-5,7,10,18H,6H2,(H,16,17)(H,19,20)/t10-/m0/s1. The van der Waals surface area contributed by atoms with E-state index >= 15 is 0 Å². The number of hydrogen-bond donors (Lipinski definition) is 3. The van der Waals surface area contributed by atoms with Crippen LogP contribution in [-0.4, -0.2) is 43.3 Å². The number of rotatable bonds is 6. The molecule has 3 N–H and O–H groups in total. The van der Waals surface area contributed by atoms with E-state index in [9.17, 15) is 18.3 Å². The van der Waals surface area contributed by atoms with Gasteiger partial charge in [-0.2, -0.15) is 4.72 Å². The highest BCUT2D eigenvalue weighted by molar-refractivity contribution is 7.91. The normalized spacial score (nSPS) is 13.2. The number of pyridine rings is 1. The number of carboxylic acid groups (broad SMARTS) is 1. The largest absolute Gasteiger partial charge is 0.480 e. The van der Waals surface area contributed by atoms with E-state index in [1.165, 1.54) is 12.1 Å². The molecule has 7 nitrogen and oxygen atoms in total. The molecule has 0 saturated carbocycles. The van der Waals surface area contributed by atoms with Crippen molar-refractivity contribution in [1.29, 1.82) is 0 Å². The fourth-order valence-electron chi connectivity index (χ4n) is 2.31. The third-order valence-corrected chi connectivity index (χ3v) is 6.30. The number of sulfonamides is 1. The Kier molecular flexibility index (Phi) is 4.44. The number of hydrogen-bond acceptors (Lipinski definition) is 5. The van der Waals surface area contributed by atoms with Gasteiger partial charge in [-0.1, -0.05) is 6.07 Å². The zero-order valence-corrected chi connectivity index (χ0v) is 13.9. The van der Waals surface area contributed by atoms with Gasteiger partial charge in [-0.05, 0) is 28.5 Å². The Bertz CT molecular complexity index is 996. The van der Waals surface area contributed by atoms with E-state index in [0.717, 1.165) is 16.7 Å². The van der Waals surface area contributed by atoms with Crippen LogP contribution in [0.25, 0.3) is 11.0 Å². The third kappa shape index (κ3) is 3.35. The first-order valence-corrected chi connectivity index (χ1v) is 9.18. The average molecular weight is 361 g/mol. The molecule has 2 radical (unpaired) electrons. The van der Waals surface area contributed by atoms with Gasteiger partial charge in [-0.25, -0.2) is 13.4 Å². The van der Waals surface area contributed by atoms with E-state index < -0.39 is 22.0 Å². The van der Waals surface area contributed by atoms with E-state index in [2.05, 4.69) is 14.7 Å². The van der Waals surface area contributed by atoms with Gasteiger partial charge in [0.1, 0.15) is 23.7 Å². The summed E-state index contributed by atoms with van der Waals surface area (Å²) in [5, 5.41) is 10.1. The van der Waals surface area contributed by atoms with Gasteiger partial charge >= 0.3 is 5.97 Å².